The summed E-state index contributed by atoms with van der Waals surface area (Å²) in [6.07, 6.45) is 0.645. The SMILES string of the molecule is CC(NC=O)c1c(O)ccc2ccccc12. The van der Waals surface area contributed by atoms with Crippen molar-refractivity contribution in [2.75, 3.05) is 0 Å². The van der Waals surface area contributed by atoms with Crippen LogP contribution in [0.25, 0.3) is 10.8 Å². The van der Waals surface area contributed by atoms with E-state index < -0.39 is 0 Å². The van der Waals surface area contributed by atoms with Crippen molar-refractivity contribution in [2.24, 2.45) is 0 Å². The average Bonchev–Trinajstić information content (AvgIpc) is 2.29. The van der Waals surface area contributed by atoms with E-state index in [1.165, 1.54) is 0 Å². The van der Waals surface area contributed by atoms with Crippen LogP contribution in [0.3, 0.4) is 0 Å². The number of rotatable bonds is 3. The zero-order chi connectivity index (χ0) is 11.5. The van der Waals surface area contributed by atoms with Crippen LogP contribution in [0.2, 0.25) is 0 Å². The maximum absolute atomic E-state index is 10.4. The predicted octanol–water partition coefficient (Wildman–Crippen LogP) is 2.35. The molecule has 16 heavy (non-hydrogen) atoms. The molecule has 2 N–H and O–H groups in total. The molecule has 0 aromatic heterocycles. The van der Waals surface area contributed by atoms with E-state index in [-0.39, 0.29) is 11.8 Å². The number of carbonyl (C=O) groups is 1. The molecular weight excluding hydrogens is 202 g/mol. The third-order valence-corrected chi connectivity index (χ3v) is 2.70. The number of nitrogens with one attached hydrogen (secondary N) is 1. The van der Waals surface area contributed by atoms with Gasteiger partial charge in [-0.1, -0.05) is 30.3 Å². The first kappa shape index (κ1) is 10.5. The van der Waals surface area contributed by atoms with Crippen LogP contribution in [0.1, 0.15) is 18.5 Å². The fraction of sp³-hybridized carbons (Fsp3) is 0.154. The number of hydrogen-bond donors (Lipinski definition) is 2. The summed E-state index contributed by atoms with van der Waals surface area (Å²) < 4.78 is 0. The lowest BCUT2D eigenvalue weighted by Gasteiger charge is -2.15. The van der Waals surface area contributed by atoms with Gasteiger partial charge in [0.2, 0.25) is 6.41 Å². The van der Waals surface area contributed by atoms with Crippen molar-refractivity contribution >= 4 is 17.2 Å². The van der Waals surface area contributed by atoms with Gasteiger partial charge < -0.3 is 10.4 Å². The van der Waals surface area contributed by atoms with E-state index in [4.69, 9.17) is 0 Å². The van der Waals surface area contributed by atoms with E-state index in [0.29, 0.717) is 6.41 Å². The lowest BCUT2D eigenvalue weighted by molar-refractivity contribution is -0.110. The third kappa shape index (κ3) is 1.72. The Morgan fingerprint density at radius 1 is 1.25 bits per heavy atom. The summed E-state index contributed by atoms with van der Waals surface area (Å²) in [5.74, 6) is 0.209. The van der Waals surface area contributed by atoms with Gasteiger partial charge in [-0.3, -0.25) is 4.79 Å². The molecule has 0 spiro atoms. The monoisotopic (exact) mass is 215 g/mol. The molecule has 0 aliphatic heterocycles. The maximum atomic E-state index is 10.4. The smallest absolute Gasteiger partial charge is 0.207 e. The summed E-state index contributed by atoms with van der Waals surface area (Å²) in [5.41, 5.74) is 0.755. The van der Waals surface area contributed by atoms with Gasteiger partial charge in [0.25, 0.3) is 0 Å². The highest BCUT2D eigenvalue weighted by Gasteiger charge is 2.12. The normalized spacial score (nSPS) is 12.3. The van der Waals surface area contributed by atoms with Crippen LogP contribution < -0.4 is 5.32 Å². The Kier molecular flexibility index (Phi) is 2.77. The molecule has 0 saturated carbocycles. The molecule has 2 rings (SSSR count). The highest BCUT2D eigenvalue weighted by atomic mass is 16.3. The van der Waals surface area contributed by atoms with E-state index in [9.17, 15) is 9.90 Å². The molecule has 1 amide bonds. The van der Waals surface area contributed by atoms with Gasteiger partial charge in [0.15, 0.2) is 0 Å². The van der Waals surface area contributed by atoms with Crippen molar-refractivity contribution in [3.63, 3.8) is 0 Å². The van der Waals surface area contributed by atoms with E-state index in [0.717, 1.165) is 16.3 Å². The van der Waals surface area contributed by atoms with Crippen LogP contribution in [-0.2, 0) is 4.79 Å². The van der Waals surface area contributed by atoms with E-state index >= 15 is 0 Å². The lowest BCUT2D eigenvalue weighted by Crippen LogP contribution is -2.16. The number of hydrogen-bond acceptors (Lipinski definition) is 2. The zero-order valence-corrected chi connectivity index (χ0v) is 8.97. The minimum atomic E-state index is -0.205. The van der Waals surface area contributed by atoms with Gasteiger partial charge in [-0.25, -0.2) is 0 Å². The molecule has 0 radical (unpaired) electrons. The number of aromatic hydroxyl groups is 1. The number of fused-ring (bicyclic) bond motifs is 1. The molecule has 2 aromatic rings. The molecule has 0 aliphatic carbocycles. The fourth-order valence-corrected chi connectivity index (χ4v) is 1.92. The maximum Gasteiger partial charge on any atom is 0.207 e. The second-order valence-corrected chi connectivity index (χ2v) is 3.73. The van der Waals surface area contributed by atoms with Crippen molar-refractivity contribution in [1.82, 2.24) is 5.32 Å². The second-order valence-electron chi connectivity index (χ2n) is 3.73. The van der Waals surface area contributed by atoms with Gasteiger partial charge in [-0.15, -0.1) is 0 Å². The summed E-state index contributed by atoms with van der Waals surface area (Å²) in [4.78, 5) is 10.4. The molecule has 0 saturated heterocycles. The highest BCUT2D eigenvalue weighted by Crippen LogP contribution is 2.31. The summed E-state index contributed by atoms with van der Waals surface area (Å²) in [6.45, 7) is 1.84. The molecule has 0 bridgehead atoms. The summed E-state index contributed by atoms with van der Waals surface area (Å²) in [6, 6.07) is 11.1. The molecule has 2 aromatic carbocycles. The quantitative estimate of drug-likeness (QED) is 0.772. The van der Waals surface area contributed by atoms with Gasteiger partial charge in [0.1, 0.15) is 5.75 Å². The number of phenols is 1. The lowest BCUT2D eigenvalue weighted by atomic mass is 9.99. The number of benzene rings is 2. The molecule has 82 valence electrons. The van der Waals surface area contributed by atoms with Crippen LogP contribution >= 0.6 is 0 Å². The number of amides is 1. The van der Waals surface area contributed by atoms with Crippen LogP contribution in [0, 0.1) is 0 Å². The van der Waals surface area contributed by atoms with Crippen molar-refractivity contribution in [1.29, 1.82) is 0 Å². The first-order valence-electron chi connectivity index (χ1n) is 5.14. The van der Waals surface area contributed by atoms with Crippen LogP contribution in [0.5, 0.6) is 5.75 Å². The highest BCUT2D eigenvalue weighted by molar-refractivity contribution is 5.88. The van der Waals surface area contributed by atoms with Crippen molar-refractivity contribution < 1.29 is 9.90 Å². The first-order chi connectivity index (χ1) is 7.74. The van der Waals surface area contributed by atoms with Gasteiger partial charge in [0, 0.05) is 5.56 Å². The Labute approximate surface area is 93.7 Å². The first-order valence-corrected chi connectivity index (χ1v) is 5.14. The molecule has 3 nitrogen and oxygen atoms in total. The number of carbonyl (C=O) groups excluding carboxylic acids is 1. The molecule has 0 fully saturated rings. The Balaban J connectivity index is 2.65. The molecule has 1 atom stereocenters. The average molecular weight is 215 g/mol. The van der Waals surface area contributed by atoms with Crippen molar-refractivity contribution in [3.05, 3.63) is 42.0 Å². The third-order valence-electron chi connectivity index (χ3n) is 2.70. The second kappa shape index (κ2) is 4.23. The summed E-state index contributed by atoms with van der Waals surface area (Å²) in [7, 11) is 0. The topological polar surface area (TPSA) is 49.3 Å². The summed E-state index contributed by atoms with van der Waals surface area (Å²) in [5, 5.41) is 14.5. The molecular formula is C13H13NO2. The molecule has 1 unspecified atom stereocenters. The van der Waals surface area contributed by atoms with E-state index in [1.54, 1.807) is 6.07 Å². The van der Waals surface area contributed by atoms with Gasteiger partial charge >= 0.3 is 0 Å². The van der Waals surface area contributed by atoms with Crippen molar-refractivity contribution in [2.45, 2.75) is 13.0 Å². The predicted molar refractivity (Wildman–Crippen MR) is 63.2 cm³/mol. The minimum Gasteiger partial charge on any atom is -0.508 e. The van der Waals surface area contributed by atoms with Gasteiger partial charge in [-0.2, -0.15) is 0 Å². The Hall–Kier alpha value is -2.03. The standard InChI is InChI=1S/C13H13NO2/c1-9(14-8-15)13-11-5-3-2-4-10(11)6-7-12(13)16/h2-9,16H,1H3,(H,14,15). The van der Waals surface area contributed by atoms with Crippen LogP contribution in [0.4, 0.5) is 0 Å². The van der Waals surface area contributed by atoms with E-state index in [1.807, 2.05) is 37.3 Å². The minimum absolute atomic E-state index is 0.205. The molecule has 0 aliphatic rings. The van der Waals surface area contributed by atoms with Gasteiger partial charge in [-0.05, 0) is 23.8 Å². The largest absolute Gasteiger partial charge is 0.508 e. The Morgan fingerprint density at radius 3 is 2.75 bits per heavy atom. The summed E-state index contributed by atoms with van der Waals surface area (Å²) >= 11 is 0. The zero-order valence-electron chi connectivity index (χ0n) is 8.97. The molecule has 0 heterocycles. The fourth-order valence-electron chi connectivity index (χ4n) is 1.92. The molecule has 3 heteroatoms. The van der Waals surface area contributed by atoms with Gasteiger partial charge in [0.05, 0.1) is 6.04 Å². The Bertz CT molecular complexity index is 522. The Morgan fingerprint density at radius 2 is 2.00 bits per heavy atom. The van der Waals surface area contributed by atoms with Crippen LogP contribution in [0.15, 0.2) is 36.4 Å². The number of phenolic OH excluding ortho intramolecular Hbond substituents is 1. The van der Waals surface area contributed by atoms with Crippen molar-refractivity contribution in [3.8, 4) is 5.75 Å². The van der Waals surface area contributed by atoms with E-state index in [2.05, 4.69) is 5.32 Å². The van der Waals surface area contributed by atoms with Crippen LogP contribution in [-0.4, -0.2) is 11.5 Å².